The van der Waals surface area contributed by atoms with E-state index < -0.39 is 0 Å². The molecule has 0 bridgehead atoms. The number of hydrogen-bond donors (Lipinski definition) is 0. The highest BCUT2D eigenvalue weighted by Crippen LogP contribution is 2.44. The molecule has 14 heavy (non-hydrogen) atoms. The summed E-state index contributed by atoms with van der Waals surface area (Å²) < 4.78 is 0. The van der Waals surface area contributed by atoms with Crippen LogP contribution in [0.4, 0.5) is 0 Å². The maximum Gasteiger partial charge on any atom is 0.0155 e. The lowest BCUT2D eigenvalue weighted by Gasteiger charge is -2.54. The maximum absolute atomic E-state index is 2.66. The van der Waals surface area contributed by atoms with Crippen LogP contribution in [0.25, 0.3) is 0 Å². The quantitative estimate of drug-likeness (QED) is 0.573. The van der Waals surface area contributed by atoms with E-state index >= 15 is 0 Å². The van der Waals surface area contributed by atoms with E-state index in [1.165, 1.54) is 32.1 Å². The van der Waals surface area contributed by atoms with E-state index in [-0.39, 0.29) is 0 Å². The van der Waals surface area contributed by atoms with Gasteiger partial charge < -0.3 is 0 Å². The van der Waals surface area contributed by atoms with Gasteiger partial charge in [-0.15, -0.1) is 0 Å². The van der Waals surface area contributed by atoms with Crippen LogP contribution >= 0.6 is 0 Å². The first-order chi connectivity index (χ1) is 6.52. The molecule has 1 nitrogen and oxygen atoms in total. The van der Waals surface area contributed by atoms with Gasteiger partial charge in [0.15, 0.2) is 0 Å². The highest BCUT2D eigenvalue weighted by molar-refractivity contribution is 4.97. The number of piperidine rings is 1. The number of nitrogens with zero attached hydrogens (tertiary/aromatic N) is 1. The monoisotopic (exact) mass is 195 g/mol. The average Bonchev–Trinajstić information content (AvgIpc) is 2.14. The maximum atomic E-state index is 2.66. The Kier molecular flexibility index (Phi) is 2.63. The van der Waals surface area contributed by atoms with Gasteiger partial charge in [-0.3, -0.25) is 4.90 Å². The lowest BCUT2D eigenvalue weighted by molar-refractivity contribution is -0.0402. The minimum atomic E-state index is 0.428. The summed E-state index contributed by atoms with van der Waals surface area (Å²) in [4.78, 5) is 2.66. The molecule has 0 aromatic rings. The lowest BCUT2D eigenvalue weighted by Crippen LogP contribution is -2.57. The summed E-state index contributed by atoms with van der Waals surface area (Å²) in [6.07, 6.45) is 7.22. The molecular weight excluding hydrogens is 170 g/mol. The van der Waals surface area contributed by atoms with Gasteiger partial charge in [-0.2, -0.15) is 0 Å². The minimum absolute atomic E-state index is 0.428. The van der Waals surface area contributed by atoms with Crippen LogP contribution in [0.3, 0.4) is 0 Å². The number of fused-ring (bicyclic) bond motifs is 1. The smallest absolute Gasteiger partial charge is 0.0155 e. The van der Waals surface area contributed by atoms with Crippen molar-refractivity contribution in [2.45, 2.75) is 64.5 Å². The van der Waals surface area contributed by atoms with Gasteiger partial charge in [0.25, 0.3) is 0 Å². The minimum Gasteiger partial charge on any atom is -0.298 e. The van der Waals surface area contributed by atoms with Gasteiger partial charge in [-0.05, 0) is 52.0 Å². The van der Waals surface area contributed by atoms with Crippen LogP contribution in [0.1, 0.15) is 52.9 Å². The highest BCUT2D eigenvalue weighted by Gasteiger charge is 2.43. The van der Waals surface area contributed by atoms with Crippen molar-refractivity contribution in [3.05, 3.63) is 0 Å². The molecule has 0 unspecified atom stereocenters. The molecule has 2 rings (SSSR count). The Morgan fingerprint density at radius 3 is 2.50 bits per heavy atom. The van der Waals surface area contributed by atoms with Gasteiger partial charge in [0.2, 0.25) is 0 Å². The van der Waals surface area contributed by atoms with E-state index in [9.17, 15) is 0 Å². The average molecular weight is 195 g/mol. The molecule has 2 aliphatic rings. The van der Waals surface area contributed by atoms with Crippen molar-refractivity contribution < 1.29 is 0 Å². The van der Waals surface area contributed by atoms with E-state index in [0.717, 1.165) is 17.9 Å². The molecule has 82 valence electrons. The largest absolute Gasteiger partial charge is 0.298 e. The molecule has 0 radical (unpaired) electrons. The Bertz CT molecular complexity index is 207. The molecule has 0 aromatic carbocycles. The van der Waals surface area contributed by atoms with Crippen LogP contribution in [-0.2, 0) is 0 Å². The number of likely N-dealkylation sites (tertiary alicyclic amines) is 1. The van der Waals surface area contributed by atoms with E-state index in [1.807, 2.05) is 0 Å². The fourth-order valence-corrected chi connectivity index (χ4v) is 3.82. The molecule has 1 saturated heterocycles. The summed E-state index contributed by atoms with van der Waals surface area (Å²) in [6.45, 7) is 7.29. The van der Waals surface area contributed by atoms with Gasteiger partial charge in [-0.1, -0.05) is 19.8 Å². The summed E-state index contributed by atoms with van der Waals surface area (Å²) in [5.41, 5.74) is 0.428. The van der Waals surface area contributed by atoms with E-state index in [1.54, 1.807) is 0 Å². The van der Waals surface area contributed by atoms with Crippen molar-refractivity contribution >= 4 is 0 Å². The Morgan fingerprint density at radius 1 is 1.14 bits per heavy atom. The number of hydrogen-bond acceptors (Lipinski definition) is 1. The van der Waals surface area contributed by atoms with Crippen molar-refractivity contribution in [3.63, 3.8) is 0 Å². The molecule has 0 amide bonds. The standard InChI is InChI=1S/C13H25N/c1-10-9-13(2,3)14(4)12-8-6-5-7-11(10)12/h10-12H,5-9H2,1-4H3/t10-,11+,12-/m1/s1. The van der Waals surface area contributed by atoms with Crippen LogP contribution in [0.15, 0.2) is 0 Å². The van der Waals surface area contributed by atoms with Gasteiger partial charge in [0.1, 0.15) is 0 Å². The Balaban J connectivity index is 2.17. The first kappa shape index (κ1) is 10.5. The molecule has 1 heteroatoms. The summed E-state index contributed by atoms with van der Waals surface area (Å²) in [7, 11) is 2.34. The summed E-state index contributed by atoms with van der Waals surface area (Å²) in [5.74, 6) is 1.92. The molecule has 0 aromatic heterocycles. The zero-order valence-corrected chi connectivity index (χ0v) is 10.2. The van der Waals surface area contributed by atoms with Crippen molar-refractivity contribution in [3.8, 4) is 0 Å². The predicted molar refractivity (Wildman–Crippen MR) is 61.4 cm³/mol. The first-order valence-corrected chi connectivity index (χ1v) is 6.25. The molecule has 1 aliphatic carbocycles. The molecule has 1 saturated carbocycles. The predicted octanol–water partition coefficient (Wildman–Crippen LogP) is 3.30. The SMILES string of the molecule is C[C@@H]1CC(C)(C)N(C)[C@@H]2CCCC[C@@H]12. The van der Waals surface area contributed by atoms with E-state index in [0.29, 0.717) is 5.54 Å². The summed E-state index contributed by atoms with van der Waals surface area (Å²) in [5, 5.41) is 0. The second-order valence-electron chi connectivity index (χ2n) is 6.12. The Labute approximate surface area is 88.9 Å². The highest BCUT2D eigenvalue weighted by atomic mass is 15.2. The third-order valence-corrected chi connectivity index (χ3v) is 4.79. The van der Waals surface area contributed by atoms with Crippen LogP contribution in [0, 0.1) is 11.8 Å². The lowest BCUT2D eigenvalue weighted by atomic mass is 9.68. The Hall–Kier alpha value is -0.0400. The van der Waals surface area contributed by atoms with Crippen molar-refractivity contribution in [2.75, 3.05) is 7.05 Å². The van der Waals surface area contributed by atoms with Gasteiger partial charge in [0, 0.05) is 11.6 Å². The molecule has 1 aliphatic heterocycles. The first-order valence-electron chi connectivity index (χ1n) is 6.25. The second kappa shape index (κ2) is 3.52. The fraction of sp³-hybridized carbons (Fsp3) is 1.00. The van der Waals surface area contributed by atoms with Crippen molar-refractivity contribution in [1.82, 2.24) is 4.90 Å². The molecule has 1 heterocycles. The third kappa shape index (κ3) is 1.60. The van der Waals surface area contributed by atoms with Crippen LogP contribution < -0.4 is 0 Å². The van der Waals surface area contributed by atoms with Crippen molar-refractivity contribution in [2.24, 2.45) is 11.8 Å². The normalized spacial score (nSPS) is 43.3. The second-order valence-corrected chi connectivity index (χ2v) is 6.12. The van der Waals surface area contributed by atoms with Gasteiger partial charge in [-0.25, -0.2) is 0 Å². The van der Waals surface area contributed by atoms with Crippen LogP contribution in [-0.4, -0.2) is 23.5 Å². The fourth-order valence-electron chi connectivity index (χ4n) is 3.82. The molecule has 0 spiro atoms. The molecule has 2 fully saturated rings. The van der Waals surface area contributed by atoms with Crippen LogP contribution in [0.5, 0.6) is 0 Å². The molecule has 0 N–H and O–H groups in total. The van der Waals surface area contributed by atoms with Crippen molar-refractivity contribution in [1.29, 1.82) is 0 Å². The zero-order chi connectivity index (χ0) is 10.3. The topological polar surface area (TPSA) is 3.24 Å². The Morgan fingerprint density at radius 2 is 1.79 bits per heavy atom. The van der Waals surface area contributed by atoms with E-state index in [4.69, 9.17) is 0 Å². The summed E-state index contributed by atoms with van der Waals surface area (Å²) >= 11 is 0. The number of rotatable bonds is 0. The van der Waals surface area contributed by atoms with E-state index in [2.05, 4.69) is 32.7 Å². The summed E-state index contributed by atoms with van der Waals surface area (Å²) in [6, 6.07) is 0.877. The van der Waals surface area contributed by atoms with Gasteiger partial charge in [0.05, 0.1) is 0 Å². The van der Waals surface area contributed by atoms with Gasteiger partial charge >= 0.3 is 0 Å². The molecular formula is C13H25N. The van der Waals surface area contributed by atoms with Crippen LogP contribution in [0.2, 0.25) is 0 Å². The third-order valence-electron chi connectivity index (χ3n) is 4.79. The zero-order valence-electron chi connectivity index (χ0n) is 10.2. The molecule has 3 atom stereocenters.